The fourth-order valence-electron chi connectivity index (χ4n) is 0.891. The number of hydrogen-bond acceptors (Lipinski definition) is 1. The summed E-state index contributed by atoms with van der Waals surface area (Å²) in [6.07, 6.45) is 0. The SMILES string of the molecule is Nc1cccc(Cl)c1.c1ccccc1. The van der Waals surface area contributed by atoms with Gasteiger partial charge in [0, 0.05) is 10.7 Å². The first-order valence-electron chi connectivity index (χ1n) is 4.30. The number of anilines is 1. The summed E-state index contributed by atoms with van der Waals surface area (Å²) in [6.45, 7) is 0. The van der Waals surface area contributed by atoms with Crippen molar-refractivity contribution in [2.24, 2.45) is 0 Å². The van der Waals surface area contributed by atoms with Gasteiger partial charge in [0.05, 0.1) is 0 Å². The van der Waals surface area contributed by atoms with Crippen molar-refractivity contribution in [2.45, 2.75) is 0 Å². The Balaban J connectivity index is 0.000000146. The molecule has 0 heterocycles. The van der Waals surface area contributed by atoms with Crippen LogP contribution in [0.15, 0.2) is 60.7 Å². The lowest BCUT2D eigenvalue weighted by Gasteiger charge is -1.89. The van der Waals surface area contributed by atoms with Gasteiger partial charge in [0.15, 0.2) is 0 Å². The van der Waals surface area contributed by atoms with E-state index in [9.17, 15) is 0 Å². The molecule has 1 nitrogen and oxygen atoms in total. The first-order valence-corrected chi connectivity index (χ1v) is 4.68. The second-order valence-electron chi connectivity index (χ2n) is 2.71. The second-order valence-corrected chi connectivity index (χ2v) is 3.15. The molecular weight excluding hydrogens is 194 g/mol. The molecule has 2 aromatic rings. The van der Waals surface area contributed by atoms with Gasteiger partial charge in [-0.05, 0) is 18.2 Å². The van der Waals surface area contributed by atoms with Gasteiger partial charge in [-0.25, -0.2) is 0 Å². The van der Waals surface area contributed by atoms with Crippen LogP contribution in [0.1, 0.15) is 0 Å². The molecule has 0 aliphatic heterocycles. The molecular formula is C12H12ClN. The number of benzene rings is 2. The molecule has 2 heteroatoms. The van der Waals surface area contributed by atoms with Crippen LogP contribution in [0.5, 0.6) is 0 Å². The maximum atomic E-state index is 5.56. The van der Waals surface area contributed by atoms with Crippen LogP contribution in [0.4, 0.5) is 5.69 Å². The van der Waals surface area contributed by atoms with Crippen molar-refractivity contribution in [1.82, 2.24) is 0 Å². The average molecular weight is 206 g/mol. The molecule has 0 spiro atoms. The highest BCUT2D eigenvalue weighted by molar-refractivity contribution is 6.30. The van der Waals surface area contributed by atoms with Gasteiger partial charge in [0.2, 0.25) is 0 Å². The van der Waals surface area contributed by atoms with E-state index in [1.165, 1.54) is 0 Å². The van der Waals surface area contributed by atoms with Crippen LogP contribution in [0.25, 0.3) is 0 Å². The van der Waals surface area contributed by atoms with Crippen LogP contribution >= 0.6 is 11.6 Å². The van der Waals surface area contributed by atoms with Gasteiger partial charge >= 0.3 is 0 Å². The Hall–Kier alpha value is -1.47. The first kappa shape index (κ1) is 10.6. The molecule has 72 valence electrons. The van der Waals surface area contributed by atoms with E-state index in [2.05, 4.69) is 0 Å². The standard InChI is InChI=1S/C6H6ClN.C6H6/c7-5-2-1-3-6(8)4-5;1-2-4-6-5-3-1/h1-4H,8H2;1-6H. The summed E-state index contributed by atoms with van der Waals surface area (Å²) in [5.41, 5.74) is 6.08. The zero-order valence-corrected chi connectivity index (χ0v) is 8.48. The first-order chi connectivity index (χ1) is 6.79. The molecule has 0 aromatic heterocycles. The van der Waals surface area contributed by atoms with Gasteiger partial charge in [-0.1, -0.05) is 54.1 Å². The smallest absolute Gasteiger partial charge is 0.0426 e. The fraction of sp³-hybridized carbons (Fsp3) is 0. The van der Waals surface area contributed by atoms with Gasteiger partial charge in [-0.15, -0.1) is 0 Å². The molecule has 0 atom stereocenters. The van der Waals surface area contributed by atoms with E-state index in [-0.39, 0.29) is 0 Å². The van der Waals surface area contributed by atoms with E-state index in [1.54, 1.807) is 18.2 Å². The lowest BCUT2D eigenvalue weighted by atomic mass is 10.3. The normalized spacial score (nSPS) is 8.64. The summed E-state index contributed by atoms with van der Waals surface area (Å²) in [4.78, 5) is 0. The molecule has 0 fully saturated rings. The zero-order valence-electron chi connectivity index (χ0n) is 7.73. The Morgan fingerprint density at radius 2 is 1.29 bits per heavy atom. The van der Waals surface area contributed by atoms with Crippen LogP contribution in [-0.4, -0.2) is 0 Å². The van der Waals surface area contributed by atoms with Crippen LogP contribution in [0, 0.1) is 0 Å². The third-order valence-corrected chi connectivity index (χ3v) is 1.75. The minimum atomic E-state index is 0.685. The van der Waals surface area contributed by atoms with Crippen molar-refractivity contribution >= 4 is 17.3 Å². The van der Waals surface area contributed by atoms with Crippen molar-refractivity contribution in [3.05, 3.63) is 65.7 Å². The van der Waals surface area contributed by atoms with E-state index in [4.69, 9.17) is 17.3 Å². The van der Waals surface area contributed by atoms with Crippen molar-refractivity contribution in [3.63, 3.8) is 0 Å². The Morgan fingerprint density at radius 1 is 0.786 bits per heavy atom. The molecule has 0 unspecified atom stereocenters. The quantitative estimate of drug-likeness (QED) is 0.654. The Bertz CT molecular complexity index is 316. The minimum Gasteiger partial charge on any atom is -0.399 e. The number of rotatable bonds is 0. The van der Waals surface area contributed by atoms with Gasteiger partial charge < -0.3 is 5.73 Å². The van der Waals surface area contributed by atoms with Gasteiger partial charge in [0.25, 0.3) is 0 Å². The highest BCUT2D eigenvalue weighted by Gasteiger charge is 1.83. The average Bonchev–Trinajstić information content (AvgIpc) is 2.21. The molecule has 0 aliphatic rings. The third-order valence-electron chi connectivity index (χ3n) is 1.52. The molecule has 2 aromatic carbocycles. The number of halogens is 1. The Kier molecular flexibility index (Phi) is 4.59. The topological polar surface area (TPSA) is 26.0 Å². The van der Waals surface area contributed by atoms with E-state index < -0.39 is 0 Å². The van der Waals surface area contributed by atoms with Crippen molar-refractivity contribution < 1.29 is 0 Å². The van der Waals surface area contributed by atoms with Crippen molar-refractivity contribution in [3.8, 4) is 0 Å². The molecule has 0 saturated carbocycles. The summed E-state index contributed by atoms with van der Waals surface area (Å²) in [5.74, 6) is 0. The highest BCUT2D eigenvalue weighted by atomic mass is 35.5. The molecule has 2 N–H and O–H groups in total. The van der Waals surface area contributed by atoms with Crippen molar-refractivity contribution in [2.75, 3.05) is 5.73 Å². The maximum Gasteiger partial charge on any atom is 0.0426 e. The zero-order chi connectivity index (χ0) is 10.2. The molecule has 0 saturated heterocycles. The molecule has 0 radical (unpaired) electrons. The fourth-order valence-corrected chi connectivity index (χ4v) is 1.09. The third kappa shape index (κ3) is 4.53. The van der Waals surface area contributed by atoms with Gasteiger partial charge in [0.1, 0.15) is 0 Å². The number of hydrogen-bond donors (Lipinski definition) is 1. The Labute approximate surface area is 89.1 Å². The monoisotopic (exact) mass is 205 g/mol. The number of nitrogen functional groups attached to an aromatic ring is 1. The summed E-state index contributed by atoms with van der Waals surface area (Å²) in [5, 5.41) is 0.685. The molecule has 14 heavy (non-hydrogen) atoms. The van der Waals surface area contributed by atoms with Crippen LogP contribution in [-0.2, 0) is 0 Å². The molecule has 0 bridgehead atoms. The lowest BCUT2D eigenvalue weighted by Crippen LogP contribution is -1.80. The molecule has 2 rings (SSSR count). The van der Waals surface area contributed by atoms with Crippen molar-refractivity contribution in [1.29, 1.82) is 0 Å². The second kappa shape index (κ2) is 6.06. The van der Waals surface area contributed by atoms with E-state index in [0.29, 0.717) is 10.7 Å². The van der Waals surface area contributed by atoms with Crippen LogP contribution in [0.3, 0.4) is 0 Å². The largest absolute Gasteiger partial charge is 0.399 e. The van der Waals surface area contributed by atoms with Gasteiger partial charge in [-0.3, -0.25) is 0 Å². The summed E-state index contributed by atoms with van der Waals surface area (Å²) < 4.78 is 0. The van der Waals surface area contributed by atoms with E-state index in [0.717, 1.165) is 0 Å². The summed E-state index contributed by atoms with van der Waals surface area (Å²) >= 11 is 5.56. The highest BCUT2D eigenvalue weighted by Crippen LogP contribution is 2.10. The maximum absolute atomic E-state index is 5.56. The Morgan fingerprint density at radius 3 is 1.57 bits per heavy atom. The minimum absolute atomic E-state index is 0.685. The predicted molar refractivity (Wildman–Crippen MR) is 62.3 cm³/mol. The molecule has 0 amide bonds. The lowest BCUT2D eigenvalue weighted by molar-refractivity contribution is 1.69. The van der Waals surface area contributed by atoms with E-state index in [1.807, 2.05) is 42.5 Å². The molecule has 0 aliphatic carbocycles. The summed E-state index contributed by atoms with van der Waals surface area (Å²) in [7, 11) is 0. The van der Waals surface area contributed by atoms with Crippen LogP contribution in [0.2, 0.25) is 5.02 Å². The van der Waals surface area contributed by atoms with Crippen LogP contribution < -0.4 is 5.73 Å². The van der Waals surface area contributed by atoms with E-state index >= 15 is 0 Å². The number of nitrogens with two attached hydrogens (primary N) is 1. The summed E-state index contributed by atoms with van der Waals surface area (Å²) in [6, 6.07) is 19.1. The predicted octanol–water partition coefficient (Wildman–Crippen LogP) is 3.61. The van der Waals surface area contributed by atoms with Gasteiger partial charge in [-0.2, -0.15) is 0 Å².